The van der Waals surface area contributed by atoms with Crippen LogP contribution < -0.4 is 5.32 Å². The average molecular weight is 257 g/mol. The van der Waals surface area contributed by atoms with Gasteiger partial charge in [0.05, 0.1) is 39.0 Å². The van der Waals surface area contributed by atoms with E-state index in [1.54, 1.807) is 22.2 Å². The Kier molecular flexibility index (Phi) is 3.28. The molecule has 86 valence electrons. The van der Waals surface area contributed by atoms with E-state index in [1.807, 2.05) is 26.5 Å². The second-order valence-corrected chi connectivity index (χ2v) is 4.82. The van der Waals surface area contributed by atoms with Crippen LogP contribution in [0.1, 0.15) is 22.3 Å². The quantitative estimate of drug-likeness (QED) is 0.915. The third kappa shape index (κ3) is 1.86. The molecule has 6 heteroatoms. The molecule has 0 bridgehead atoms. The van der Waals surface area contributed by atoms with Crippen molar-refractivity contribution >= 4 is 22.9 Å². The Labute approximate surface area is 103 Å². The summed E-state index contributed by atoms with van der Waals surface area (Å²) in [7, 11) is 3.80. The van der Waals surface area contributed by atoms with Crippen molar-refractivity contribution in [2.24, 2.45) is 7.05 Å². The fourth-order valence-electron chi connectivity index (χ4n) is 1.72. The van der Waals surface area contributed by atoms with Crippen LogP contribution >= 0.6 is 22.9 Å². The number of hydrogen-bond acceptors (Lipinski definition) is 4. The number of thiazole rings is 1. The Balaban J connectivity index is 2.49. The van der Waals surface area contributed by atoms with Crippen LogP contribution in [0, 0.1) is 6.92 Å². The Morgan fingerprint density at radius 1 is 1.56 bits per heavy atom. The minimum absolute atomic E-state index is 0.0486. The Bertz CT molecular complexity index is 471. The van der Waals surface area contributed by atoms with E-state index in [-0.39, 0.29) is 6.04 Å². The SMILES string of the molecule is CNC(c1scnc1C)c1c(Cl)cnn1C. The van der Waals surface area contributed by atoms with Gasteiger partial charge >= 0.3 is 0 Å². The molecule has 1 N–H and O–H groups in total. The van der Waals surface area contributed by atoms with Crippen molar-refractivity contribution < 1.29 is 0 Å². The molecule has 0 spiro atoms. The van der Waals surface area contributed by atoms with Crippen molar-refractivity contribution in [2.45, 2.75) is 13.0 Å². The van der Waals surface area contributed by atoms with Crippen LogP contribution in [0.5, 0.6) is 0 Å². The standard InChI is InChI=1S/C10H13ClN4S/c1-6-10(16-5-13-6)8(12-2)9-7(11)4-14-15(9)3/h4-5,8,12H,1-3H3. The summed E-state index contributed by atoms with van der Waals surface area (Å²) in [6, 6.07) is 0.0486. The number of aryl methyl sites for hydroxylation is 2. The monoisotopic (exact) mass is 256 g/mol. The molecule has 0 saturated heterocycles. The molecule has 0 aliphatic carbocycles. The molecule has 0 radical (unpaired) electrons. The summed E-state index contributed by atoms with van der Waals surface area (Å²) in [4.78, 5) is 5.43. The molecular weight excluding hydrogens is 244 g/mol. The molecule has 0 saturated carbocycles. The van der Waals surface area contributed by atoms with Gasteiger partial charge in [-0.25, -0.2) is 4.98 Å². The summed E-state index contributed by atoms with van der Waals surface area (Å²) in [5, 5.41) is 8.08. The summed E-state index contributed by atoms with van der Waals surface area (Å²) in [6.07, 6.45) is 1.66. The van der Waals surface area contributed by atoms with Crippen molar-refractivity contribution in [3.63, 3.8) is 0 Å². The summed E-state index contributed by atoms with van der Waals surface area (Å²) >= 11 is 7.77. The molecule has 4 nitrogen and oxygen atoms in total. The zero-order chi connectivity index (χ0) is 11.7. The van der Waals surface area contributed by atoms with Crippen LogP contribution in [0.2, 0.25) is 5.02 Å². The molecule has 2 aromatic heterocycles. The first kappa shape index (κ1) is 11.6. The smallest absolute Gasteiger partial charge is 0.0873 e. The largest absolute Gasteiger partial charge is 0.307 e. The Morgan fingerprint density at radius 2 is 2.31 bits per heavy atom. The zero-order valence-corrected chi connectivity index (χ0v) is 10.9. The molecule has 2 rings (SSSR count). The maximum Gasteiger partial charge on any atom is 0.0873 e. The maximum atomic E-state index is 6.15. The summed E-state index contributed by atoms with van der Waals surface area (Å²) in [5.41, 5.74) is 3.84. The summed E-state index contributed by atoms with van der Waals surface area (Å²) in [5.74, 6) is 0. The second kappa shape index (κ2) is 4.53. The summed E-state index contributed by atoms with van der Waals surface area (Å²) < 4.78 is 1.79. The van der Waals surface area contributed by atoms with Crippen molar-refractivity contribution in [2.75, 3.05) is 7.05 Å². The normalized spacial score (nSPS) is 13.0. The molecule has 16 heavy (non-hydrogen) atoms. The molecule has 1 unspecified atom stereocenters. The van der Waals surface area contributed by atoms with Gasteiger partial charge in [0, 0.05) is 7.05 Å². The zero-order valence-electron chi connectivity index (χ0n) is 9.36. The Morgan fingerprint density at radius 3 is 2.75 bits per heavy atom. The third-order valence-electron chi connectivity index (χ3n) is 2.54. The highest BCUT2D eigenvalue weighted by molar-refractivity contribution is 7.09. The van der Waals surface area contributed by atoms with Crippen LogP contribution in [0.25, 0.3) is 0 Å². The predicted octanol–water partition coefficient (Wildman–Crippen LogP) is 2.15. The van der Waals surface area contributed by atoms with Gasteiger partial charge < -0.3 is 5.32 Å². The van der Waals surface area contributed by atoms with E-state index in [1.165, 1.54) is 4.88 Å². The minimum Gasteiger partial charge on any atom is -0.307 e. The van der Waals surface area contributed by atoms with Crippen LogP contribution in [0.3, 0.4) is 0 Å². The van der Waals surface area contributed by atoms with Gasteiger partial charge in [0.25, 0.3) is 0 Å². The molecule has 1 atom stereocenters. The highest BCUT2D eigenvalue weighted by Gasteiger charge is 2.22. The van der Waals surface area contributed by atoms with Crippen molar-refractivity contribution in [3.8, 4) is 0 Å². The highest BCUT2D eigenvalue weighted by atomic mass is 35.5. The highest BCUT2D eigenvalue weighted by Crippen LogP contribution is 2.31. The lowest BCUT2D eigenvalue weighted by atomic mass is 10.1. The number of hydrogen-bond donors (Lipinski definition) is 1. The summed E-state index contributed by atoms with van der Waals surface area (Å²) in [6.45, 7) is 2.00. The molecule has 2 aromatic rings. The Hall–Kier alpha value is -0.910. The van der Waals surface area contributed by atoms with Crippen LogP contribution in [-0.2, 0) is 7.05 Å². The number of aromatic nitrogens is 3. The maximum absolute atomic E-state index is 6.15. The van der Waals surface area contributed by atoms with Crippen LogP contribution in [0.15, 0.2) is 11.7 Å². The first-order chi connectivity index (χ1) is 7.65. The molecule has 0 aliphatic rings. The van der Waals surface area contributed by atoms with Crippen molar-refractivity contribution in [1.29, 1.82) is 0 Å². The fraction of sp³-hybridized carbons (Fsp3) is 0.400. The molecule has 2 heterocycles. The lowest BCUT2D eigenvalue weighted by Gasteiger charge is -2.16. The molecule has 0 aliphatic heterocycles. The van der Waals surface area contributed by atoms with Crippen LogP contribution in [-0.4, -0.2) is 21.8 Å². The lowest BCUT2D eigenvalue weighted by Crippen LogP contribution is -2.20. The van der Waals surface area contributed by atoms with Gasteiger partial charge in [0.15, 0.2) is 0 Å². The number of nitrogens with one attached hydrogen (secondary N) is 1. The second-order valence-electron chi connectivity index (χ2n) is 3.53. The molecule has 0 fully saturated rings. The van der Waals surface area contributed by atoms with E-state index in [4.69, 9.17) is 11.6 Å². The van der Waals surface area contributed by atoms with Gasteiger partial charge in [0.2, 0.25) is 0 Å². The van der Waals surface area contributed by atoms with Gasteiger partial charge in [-0.3, -0.25) is 4.68 Å². The van der Waals surface area contributed by atoms with Crippen molar-refractivity contribution in [1.82, 2.24) is 20.1 Å². The third-order valence-corrected chi connectivity index (χ3v) is 3.83. The van der Waals surface area contributed by atoms with E-state index in [2.05, 4.69) is 15.4 Å². The average Bonchev–Trinajstić information content (AvgIpc) is 2.80. The van der Waals surface area contributed by atoms with E-state index in [9.17, 15) is 0 Å². The minimum atomic E-state index is 0.0486. The van der Waals surface area contributed by atoms with Gasteiger partial charge in [-0.15, -0.1) is 11.3 Å². The van der Waals surface area contributed by atoms with Crippen LogP contribution in [0.4, 0.5) is 0 Å². The predicted molar refractivity (Wildman–Crippen MR) is 66.0 cm³/mol. The first-order valence-corrected chi connectivity index (χ1v) is 6.15. The van der Waals surface area contributed by atoms with Gasteiger partial charge in [-0.1, -0.05) is 11.6 Å². The van der Waals surface area contributed by atoms with E-state index >= 15 is 0 Å². The number of nitrogens with zero attached hydrogens (tertiary/aromatic N) is 3. The van der Waals surface area contributed by atoms with Gasteiger partial charge in [0.1, 0.15) is 0 Å². The van der Waals surface area contributed by atoms with E-state index < -0.39 is 0 Å². The fourth-order valence-corrected chi connectivity index (χ4v) is 2.91. The van der Waals surface area contributed by atoms with E-state index in [0.717, 1.165) is 11.4 Å². The van der Waals surface area contributed by atoms with E-state index in [0.29, 0.717) is 5.02 Å². The number of halogens is 1. The van der Waals surface area contributed by atoms with Gasteiger partial charge in [-0.05, 0) is 14.0 Å². The number of rotatable bonds is 3. The first-order valence-electron chi connectivity index (χ1n) is 4.89. The lowest BCUT2D eigenvalue weighted by molar-refractivity contribution is 0.610. The topological polar surface area (TPSA) is 42.7 Å². The molecule has 0 amide bonds. The molecular formula is C10H13ClN4S. The van der Waals surface area contributed by atoms with Crippen molar-refractivity contribution in [3.05, 3.63) is 33.0 Å². The molecule has 0 aromatic carbocycles. The van der Waals surface area contributed by atoms with Gasteiger partial charge in [-0.2, -0.15) is 5.10 Å².